The third kappa shape index (κ3) is 2.37. The van der Waals surface area contributed by atoms with Gasteiger partial charge in [-0.2, -0.15) is 11.8 Å². The van der Waals surface area contributed by atoms with Crippen molar-refractivity contribution in [2.45, 2.75) is 18.6 Å². The fourth-order valence-corrected chi connectivity index (χ4v) is 2.92. The summed E-state index contributed by atoms with van der Waals surface area (Å²) in [5.74, 6) is 2.38. The fourth-order valence-electron chi connectivity index (χ4n) is 1.74. The summed E-state index contributed by atoms with van der Waals surface area (Å²) in [5.41, 5.74) is 0. The van der Waals surface area contributed by atoms with Crippen molar-refractivity contribution in [3.8, 4) is 0 Å². The topological polar surface area (TPSA) is 33.5 Å². The van der Waals surface area contributed by atoms with Gasteiger partial charge in [0.05, 0.1) is 0 Å². The van der Waals surface area contributed by atoms with Gasteiger partial charge in [0.1, 0.15) is 0 Å². The van der Waals surface area contributed by atoms with Crippen LogP contribution >= 0.6 is 11.8 Å². The Morgan fingerprint density at radius 2 is 2.53 bits per heavy atom. The van der Waals surface area contributed by atoms with Crippen LogP contribution in [-0.2, 0) is 0 Å². The van der Waals surface area contributed by atoms with E-state index >= 15 is 0 Å². The number of furan rings is 1. The molecule has 1 aromatic heterocycles. The van der Waals surface area contributed by atoms with Crippen LogP contribution in [0.1, 0.15) is 23.9 Å². The maximum Gasteiger partial charge on any atom is 0.196 e. The number of hydrogen-bond acceptors (Lipinski definition) is 4. The summed E-state index contributed by atoms with van der Waals surface area (Å²) in [6.45, 7) is 4.24. The molecule has 2 heterocycles. The monoisotopic (exact) mass is 225 g/mol. The van der Waals surface area contributed by atoms with Gasteiger partial charge < -0.3 is 9.32 Å². The van der Waals surface area contributed by atoms with E-state index in [0.29, 0.717) is 11.0 Å². The summed E-state index contributed by atoms with van der Waals surface area (Å²) in [7, 11) is 0. The van der Waals surface area contributed by atoms with E-state index in [1.165, 1.54) is 6.42 Å². The number of carbonyl (C=O) groups is 1. The van der Waals surface area contributed by atoms with Gasteiger partial charge in [0.2, 0.25) is 0 Å². The molecule has 0 N–H and O–H groups in total. The van der Waals surface area contributed by atoms with Crippen LogP contribution in [0.25, 0.3) is 0 Å². The molecule has 0 amide bonds. The molecule has 1 atom stereocenters. The predicted molar refractivity (Wildman–Crippen MR) is 62.8 cm³/mol. The summed E-state index contributed by atoms with van der Waals surface area (Å²) in [6.07, 6.45) is 1.93. The minimum absolute atomic E-state index is 0.413. The van der Waals surface area contributed by atoms with Crippen LogP contribution in [0.15, 0.2) is 16.5 Å². The number of anilines is 1. The van der Waals surface area contributed by atoms with Gasteiger partial charge in [0.15, 0.2) is 17.9 Å². The molecule has 2 rings (SSSR count). The van der Waals surface area contributed by atoms with Crippen molar-refractivity contribution in [2.24, 2.45) is 0 Å². The largest absolute Gasteiger partial charge is 0.438 e. The highest BCUT2D eigenvalue weighted by Gasteiger charge is 2.21. The zero-order valence-electron chi connectivity index (χ0n) is 8.81. The van der Waals surface area contributed by atoms with Gasteiger partial charge in [0, 0.05) is 30.2 Å². The lowest BCUT2D eigenvalue weighted by Crippen LogP contribution is -2.37. The highest BCUT2D eigenvalue weighted by Crippen LogP contribution is 2.26. The van der Waals surface area contributed by atoms with E-state index in [1.54, 1.807) is 6.07 Å². The van der Waals surface area contributed by atoms with Crippen LogP contribution in [0.2, 0.25) is 0 Å². The molecule has 1 fully saturated rings. The molecular formula is C11H15NO2S. The van der Waals surface area contributed by atoms with Crippen LogP contribution in [0, 0.1) is 0 Å². The number of carbonyl (C=O) groups excluding carboxylic acids is 1. The molecule has 1 unspecified atom stereocenters. The second kappa shape index (κ2) is 4.75. The SMILES string of the molecule is CCC1CN(c2ccc(C=O)o2)CCS1. The normalized spacial score (nSPS) is 21.7. The molecule has 0 aliphatic carbocycles. The van der Waals surface area contributed by atoms with Gasteiger partial charge in [-0.05, 0) is 12.5 Å². The zero-order chi connectivity index (χ0) is 10.7. The molecule has 0 radical (unpaired) electrons. The summed E-state index contributed by atoms with van der Waals surface area (Å²) >= 11 is 2.02. The van der Waals surface area contributed by atoms with Crippen molar-refractivity contribution >= 4 is 23.9 Å². The van der Waals surface area contributed by atoms with Crippen molar-refractivity contribution < 1.29 is 9.21 Å². The molecule has 0 aromatic carbocycles. The third-order valence-electron chi connectivity index (χ3n) is 2.63. The third-order valence-corrected chi connectivity index (χ3v) is 4.01. The summed E-state index contributed by atoms with van der Waals surface area (Å²) < 4.78 is 5.41. The number of hydrogen-bond donors (Lipinski definition) is 0. The minimum atomic E-state index is 0.413. The average molecular weight is 225 g/mol. The van der Waals surface area contributed by atoms with Gasteiger partial charge >= 0.3 is 0 Å². The summed E-state index contributed by atoms with van der Waals surface area (Å²) in [4.78, 5) is 12.7. The Balaban J connectivity index is 2.06. The molecule has 1 saturated heterocycles. The Labute approximate surface area is 93.8 Å². The van der Waals surface area contributed by atoms with Crippen LogP contribution in [0.4, 0.5) is 5.88 Å². The zero-order valence-corrected chi connectivity index (χ0v) is 9.63. The molecule has 3 nitrogen and oxygen atoms in total. The predicted octanol–water partition coefficient (Wildman–Crippen LogP) is 2.42. The van der Waals surface area contributed by atoms with E-state index in [4.69, 9.17) is 4.42 Å². The molecule has 1 aromatic rings. The average Bonchev–Trinajstić information content (AvgIpc) is 2.78. The first-order valence-electron chi connectivity index (χ1n) is 5.25. The van der Waals surface area contributed by atoms with Gasteiger partial charge in [-0.15, -0.1) is 0 Å². The Morgan fingerprint density at radius 1 is 1.67 bits per heavy atom. The van der Waals surface area contributed by atoms with Gasteiger partial charge in [-0.3, -0.25) is 4.79 Å². The number of nitrogens with zero attached hydrogens (tertiary/aromatic N) is 1. The molecule has 15 heavy (non-hydrogen) atoms. The van der Waals surface area contributed by atoms with Crippen molar-refractivity contribution in [1.29, 1.82) is 0 Å². The quantitative estimate of drug-likeness (QED) is 0.740. The molecule has 0 spiro atoms. The second-order valence-corrected chi connectivity index (χ2v) is 5.05. The lowest BCUT2D eigenvalue weighted by Gasteiger charge is -2.31. The number of aldehydes is 1. The molecule has 0 bridgehead atoms. The van der Waals surface area contributed by atoms with Crippen LogP contribution in [0.5, 0.6) is 0 Å². The number of rotatable bonds is 3. The maximum atomic E-state index is 10.5. The van der Waals surface area contributed by atoms with E-state index in [2.05, 4.69) is 11.8 Å². The standard InChI is InChI=1S/C11H15NO2S/c1-2-10-7-12(5-6-15-10)11-4-3-9(8-13)14-11/h3-4,8,10H,2,5-7H2,1H3. The molecular weight excluding hydrogens is 210 g/mol. The van der Waals surface area contributed by atoms with Crippen molar-refractivity contribution in [3.63, 3.8) is 0 Å². The van der Waals surface area contributed by atoms with Crippen LogP contribution in [0.3, 0.4) is 0 Å². The van der Waals surface area contributed by atoms with E-state index < -0.39 is 0 Å². The van der Waals surface area contributed by atoms with Crippen molar-refractivity contribution in [2.75, 3.05) is 23.7 Å². The fraction of sp³-hybridized carbons (Fsp3) is 0.545. The smallest absolute Gasteiger partial charge is 0.196 e. The Bertz CT molecular complexity index is 337. The Kier molecular flexibility index (Phi) is 3.36. The van der Waals surface area contributed by atoms with E-state index in [-0.39, 0.29) is 0 Å². The highest BCUT2D eigenvalue weighted by atomic mass is 32.2. The minimum Gasteiger partial charge on any atom is -0.438 e. The first kappa shape index (κ1) is 10.6. The van der Waals surface area contributed by atoms with Gasteiger partial charge in [0.25, 0.3) is 0 Å². The van der Waals surface area contributed by atoms with E-state index in [1.807, 2.05) is 17.8 Å². The summed E-state index contributed by atoms with van der Waals surface area (Å²) in [5, 5.41) is 0.684. The van der Waals surface area contributed by atoms with Crippen LogP contribution < -0.4 is 4.90 Å². The Hall–Kier alpha value is -0.900. The van der Waals surface area contributed by atoms with E-state index in [0.717, 1.165) is 31.0 Å². The van der Waals surface area contributed by atoms with Crippen molar-refractivity contribution in [3.05, 3.63) is 17.9 Å². The van der Waals surface area contributed by atoms with Gasteiger partial charge in [-0.1, -0.05) is 6.92 Å². The highest BCUT2D eigenvalue weighted by molar-refractivity contribution is 8.00. The maximum absolute atomic E-state index is 10.5. The van der Waals surface area contributed by atoms with Crippen LogP contribution in [-0.4, -0.2) is 30.4 Å². The van der Waals surface area contributed by atoms with E-state index in [9.17, 15) is 4.79 Å². The second-order valence-electron chi connectivity index (χ2n) is 3.64. The first-order chi connectivity index (χ1) is 7.33. The molecule has 82 valence electrons. The molecule has 1 aliphatic heterocycles. The summed E-state index contributed by atoms with van der Waals surface area (Å²) in [6, 6.07) is 3.61. The first-order valence-corrected chi connectivity index (χ1v) is 6.30. The lowest BCUT2D eigenvalue weighted by molar-refractivity contribution is 0.110. The van der Waals surface area contributed by atoms with Crippen molar-refractivity contribution in [1.82, 2.24) is 0 Å². The molecule has 1 aliphatic rings. The van der Waals surface area contributed by atoms with Gasteiger partial charge in [-0.25, -0.2) is 0 Å². The molecule has 4 heteroatoms. The Morgan fingerprint density at radius 3 is 3.20 bits per heavy atom. The molecule has 0 saturated carbocycles. The number of thioether (sulfide) groups is 1. The lowest BCUT2D eigenvalue weighted by atomic mass is 10.3.